The second kappa shape index (κ2) is 7.91. The molecule has 0 radical (unpaired) electrons. The first-order valence-corrected chi connectivity index (χ1v) is 10.9. The molecule has 1 aromatic rings. The maximum Gasteiger partial charge on any atom is 0.312 e. The largest absolute Gasteiger partial charge is 0.466 e. The van der Waals surface area contributed by atoms with E-state index in [4.69, 9.17) is 9.47 Å². The summed E-state index contributed by atoms with van der Waals surface area (Å²) in [5.41, 5.74) is 1.43. The number of amides is 2. The number of nitrogens with zero attached hydrogens (tertiary/aromatic N) is 1. The molecule has 4 rings (SSSR count). The van der Waals surface area contributed by atoms with Gasteiger partial charge in [0.2, 0.25) is 11.8 Å². The summed E-state index contributed by atoms with van der Waals surface area (Å²) < 4.78 is 11.5. The van der Waals surface area contributed by atoms with Gasteiger partial charge in [-0.1, -0.05) is 18.2 Å². The molecule has 1 aromatic carbocycles. The monoisotopic (exact) mass is 430 g/mol. The highest BCUT2D eigenvalue weighted by Crippen LogP contribution is 2.59. The van der Waals surface area contributed by atoms with Crippen LogP contribution in [0.15, 0.2) is 18.2 Å². The first kappa shape index (κ1) is 21.8. The van der Waals surface area contributed by atoms with E-state index in [-0.39, 0.29) is 25.0 Å². The molecule has 2 bridgehead atoms. The van der Waals surface area contributed by atoms with Gasteiger partial charge in [0.1, 0.15) is 11.6 Å². The summed E-state index contributed by atoms with van der Waals surface area (Å²) in [5.74, 6) is -2.66. The molecule has 0 aliphatic carbocycles. The third kappa shape index (κ3) is 3.15. The number of carbonyl (C=O) groups is 3. The minimum absolute atomic E-state index is 0.212. The van der Waals surface area contributed by atoms with Gasteiger partial charge in [-0.3, -0.25) is 14.4 Å². The van der Waals surface area contributed by atoms with Crippen molar-refractivity contribution < 1.29 is 29.0 Å². The molecule has 31 heavy (non-hydrogen) atoms. The number of anilines is 1. The Morgan fingerprint density at radius 2 is 2.03 bits per heavy atom. The number of para-hydroxylation sites is 1. The average Bonchev–Trinajstić information content (AvgIpc) is 3.37. The molecule has 8 heteroatoms. The number of fused-ring (bicyclic) bond motifs is 1. The Kier molecular flexibility index (Phi) is 5.55. The third-order valence-corrected chi connectivity index (χ3v) is 7.01. The molecule has 2 N–H and O–H groups in total. The molecule has 0 saturated carbocycles. The number of aryl methyl sites for hydroxylation is 2. The van der Waals surface area contributed by atoms with E-state index in [0.29, 0.717) is 18.5 Å². The molecule has 3 aliphatic heterocycles. The fourth-order valence-corrected chi connectivity index (χ4v) is 5.66. The first-order chi connectivity index (χ1) is 14.8. The lowest BCUT2D eigenvalue weighted by Crippen LogP contribution is -2.55. The molecule has 6 atom stereocenters. The number of nitrogens with one attached hydrogen (secondary N) is 1. The van der Waals surface area contributed by atoms with Crippen LogP contribution in [0.1, 0.15) is 37.8 Å². The molecule has 3 fully saturated rings. The van der Waals surface area contributed by atoms with E-state index < -0.39 is 41.6 Å². The molecule has 2 amide bonds. The fraction of sp³-hybridized carbons (Fsp3) is 0.609. The summed E-state index contributed by atoms with van der Waals surface area (Å²) in [4.78, 5) is 41.3. The molecule has 3 aliphatic rings. The van der Waals surface area contributed by atoms with Crippen molar-refractivity contribution in [1.82, 2.24) is 4.90 Å². The van der Waals surface area contributed by atoms with Gasteiger partial charge < -0.3 is 24.8 Å². The van der Waals surface area contributed by atoms with Crippen LogP contribution in [-0.4, -0.2) is 64.8 Å². The summed E-state index contributed by atoms with van der Waals surface area (Å²) in [6, 6.07) is 4.21. The molecule has 2 unspecified atom stereocenters. The molecule has 168 valence electrons. The van der Waals surface area contributed by atoms with Crippen molar-refractivity contribution in [1.29, 1.82) is 0 Å². The van der Waals surface area contributed by atoms with E-state index in [9.17, 15) is 19.5 Å². The van der Waals surface area contributed by atoms with Crippen LogP contribution < -0.4 is 5.32 Å². The number of rotatable bonds is 6. The molecular weight excluding hydrogens is 400 g/mol. The highest BCUT2D eigenvalue weighted by molar-refractivity contribution is 6.04. The van der Waals surface area contributed by atoms with Crippen LogP contribution >= 0.6 is 0 Å². The molecule has 8 nitrogen and oxygen atoms in total. The van der Waals surface area contributed by atoms with Crippen LogP contribution in [0.2, 0.25) is 0 Å². The third-order valence-electron chi connectivity index (χ3n) is 7.01. The molecule has 3 saturated heterocycles. The number of benzene rings is 1. The van der Waals surface area contributed by atoms with Crippen LogP contribution in [0, 0.1) is 25.7 Å². The van der Waals surface area contributed by atoms with Crippen LogP contribution in [-0.2, 0) is 23.9 Å². The van der Waals surface area contributed by atoms with Gasteiger partial charge in [0.15, 0.2) is 0 Å². The van der Waals surface area contributed by atoms with E-state index in [0.717, 1.165) is 11.1 Å². The molecule has 1 spiro atoms. The summed E-state index contributed by atoms with van der Waals surface area (Å²) >= 11 is 0. The molecule has 3 heterocycles. The Morgan fingerprint density at radius 1 is 1.35 bits per heavy atom. The smallest absolute Gasteiger partial charge is 0.312 e. The maximum atomic E-state index is 13.6. The highest BCUT2D eigenvalue weighted by atomic mass is 16.6. The second-order valence-electron chi connectivity index (χ2n) is 8.84. The van der Waals surface area contributed by atoms with Crippen LogP contribution in [0.4, 0.5) is 5.69 Å². The van der Waals surface area contributed by atoms with Gasteiger partial charge in [0, 0.05) is 5.69 Å². The van der Waals surface area contributed by atoms with Gasteiger partial charge in [-0.25, -0.2) is 0 Å². The van der Waals surface area contributed by atoms with E-state index in [2.05, 4.69) is 5.32 Å². The number of ether oxygens (including phenoxy) is 2. The number of aliphatic hydroxyl groups excluding tert-OH is 1. The number of aliphatic hydroxyl groups is 1. The van der Waals surface area contributed by atoms with Gasteiger partial charge in [0.25, 0.3) is 0 Å². The van der Waals surface area contributed by atoms with Gasteiger partial charge in [-0.2, -0.15) is 0 Å². The minimum Gasteiger partial charge on any atom is -0.466 e. The van der Waals surface area contributed by atoms with Gasteiger partial charge in [0.05, 0.1) is 37.2 Å². The van der Waals surface area contributed by atoms with Gasteiger partial charge in [-0.15, -0.1) is 0 Å². The van der Waals surface area contributed by atoms with Crippen molar-refractivity contribution in [2.75, 3.05) is 18.5 Å². The summed E-state index contributed by atoms with van der Waals surface area (Å²) in [6.07, 6.45) is 0.653. The number of hydrogen-bond donors (Lipinski definition) is 2. The van der Waals surface area contributed by atoms with Crippen molar-refractivity contribution in [3.63, 3.8) is 0 Å². The average molecular weight is 431 g/mol. The second-order valence-corrected chi connectivity index (χ2v) is 8.84. The van der Waals surface area contributed by atoms with Crippen LogP contribution in [0.3, 0.4) is 0 Å². The Labute approximate surface area is 181 Å². The number of esters is 1. The minimum atomic E-state index is -1.09. The van der Waals surface area contributed by atoms with Crippen molar-refractivity contribution in [2.45, 2.75) is 64.3 Å². The zero-order chi connectivity index (χ0) is 22.5. The SMILES string of the molecule is CCOC(=O)[C@@H]1[C@@H]2CCC3(O2)C(C(=O)Nc2c(C)cccc2C)N([C@H](C)CO)C(=O)[C@H]13. The van der Waals surface area contributed by atoms with Crippen LogP contribution in [0.25, 0.3) is 0 Å². The lowest BCUT2D eigenvalue weighted by Gasteiger charge is -2.35. The number of carbonyl (C=O) groups excluding carboxylic acids is 3. The van der Waals surface area contributed by atoms with Crippen LogP contribution in [0.5, 0.6) is 0 Å². The van der Waals surface area contributed by atoms with E-state index >= 15 is 0 Å². The van der Waals surface area contributed by atoms with Crippen molar-refractivity contribution >= 4 is 23.5 Å². The topological polar surface area (TPSA) is 105 Å². The zero-order valence-corrected chi connectivity index (χ0v) is 18.4. The molecule has 0 aromatic heterocycles. The summed E-state index contributed by atoms with van der Waals surface area (Å²) in [6.45, 7) is 7.15. The van der Waals surface area contributed by atoms with Gasteiger partial charge >= 0.3 is 5.97 Å². The van der Waals surface area contributed by atoms with Gasteiger partial charge in [-0.05, 0) is 51.7 Å². The summed E-state index contributed by atoms with van der Waals surface area (Å²) in [7, 11) is 0. The van der Waals surface area contributed by atoms with E-state index in [1.165, 1.54) is 4.90 Å². The Morgan fingerprint density at radius 3 is 2.65 bits per heavy atom. The quantitative estimate of drug-likeness (QED) is 0.664. The van der Waals surface area contributed by atoms with Crippen molar-refractivity contribution in [3.8, 4) is 0 Å². The van der Waals surface area contributed by atoms with Crippen molar-refractivity contribution in [3.05, 3.63) is 29.3 Å². The van der Waals surface area contributed by atoms with E-state index in [1.54, 1.807) is 13.8 Å². The maximum absolute atomic E-state index is 13.6. The normalized spacial score (nSPS) is 32.2. The zero-order valence-electron chi connectivity index (χ0n) is 18.4. The lowest BCUT2D eigenvalue weighted by molar-refractivity contribution is -0.155. The van der Waals surface area contributed by atoms with E-state index in [1.807, 2.05) is 32.0 Å². The number of likely N-dealkylation sites (tertiary alicyclic amines) is 1. The Bertz CT molecular complexity index is 897. The lowest BCUT2D eigenvalue weighted by atomic mass is 9.70. The first-order valence-electron chi connectivity index (χ1n) is 10.9. The molecular formula is C23H30N2O6. The fourth-order valence-electron chi connectivity index (χ4n) is 5.66. The predicted molar refractivity (Wildman–Crippen MR) is 112 cm³/mol. The van der Waals surface area contributed by atoms with Crippen molar-refractivity contribution in [2.24, 2.45) is 11.8 Å². The number of hydrogen-bond acceptors (Lipinski definition) is 6. The standard InChI is InChI=1S/C23H30N2O6/c1-5-30-22(29)16-15-9-10-23(31-15)17(16)21(28)25(14(4)11-26)19(23)20(27)24-18-12(2)7-6-8-13(18)3/h6-8,14-17,19,26H,5,9-11H2,1-4H3,(H,24,27)/t14-,15+,16-,17+,19?,23?/m1/s1. The highest BCUT2D eigenvalue weighted by Gasteiger charge is 2.75. The Hall–Kier alpha value is -2.45. The Balaban J connectivity index is 1.74. The predicted octanol–water partition coefficient (Wildman–Crippen LogP) is 1.56. The summed E-state index contributed by atoms with van der Waals surface area (Å²) in [5, 5.41) is 12.8.